The summed E-state index contributed by atoms with van der Waals surface area (Å²) >= 11 is 0. The summed E-state index contributed by atoms with van der Waals surface area (Å²) in [4.78, 5) is 12.3. The van der Waals surface area contributed by atoms with E-state index in [1.54, 1.807) is 6.92 Å². The Morgan fingerprint density at radius 2 is 2.19 bits per heavy atom. The molecular weight excluding hydrogens is 314 g/mol. The zero-order valence-corrected chi connectivity index (χ0v) is 13.5. The van der Waals surface area contributed by atoms with E-state index in [9.17, 15) is 13.2 Å². The van der Waals surface area contributed by atoms with Gasteiger partial charge in [0.15, 0.2) is 0 Å². The van der Waals surface area contributed by atoms with Crippen LogP contribution in [0.25, 0.3) is 0 Å². The molecule has 21 heavy (non-hydrogen) atoms. The molecule has 1 heterocycles. The van der Waals surface area contributed by atoms with E-state index >= 15 is 0 Å². The second kappa shape index (κ2) is 6.34. The zero-order valence-electron chi connectivity index (χ0n) is 11.9. The highest BCUT2D eigenvalue weighted by Gasteiger charge is 2.24. The number of hydrogen-bond acceptors (Lipinski definition) is 4. The molecule has 2 atom stereocenters. The Kier molecular flexibility index (Phi) is 4.91. The predicted octanol–water partition coefficient (Wildman–Crippen LogP) is 2.08. The molecule has 1 saturated heterocycles. The first-order chi connectivity index (χ1) is 9.79. The molecule has 0 aromatic heterocycles. The lowest BCUT2D eigenvalue weighted by Crippen LogP contribution is -2.38. The van der Waals surface area contributed by atoms with Gasteiger partial charge in [-0.1, -0.05) is 0 Å². The Hall–Kier alpha value is -1.11. The number of carbonyl (C=O) groups is 1. The van der Waals surface area contributed by atoms with E-state index in [0.29, 0.717) is 23.7 Å². The minimum atomic E-state index is -3.78. The Balaban J connectivity index is 2.12. The van der Waals surface area contributed by atoms with Gasteiger partial charge in [0.25, 0.3) is 15.0 Å². The van der Waals surface area contributed by atoms with Crippen LogP contribution in [0.15, 0.2) is 23.1 Å². The first kappa shape index (κ1) is 16.3. The first-order valence-corrected chi connectivity index (χ1v) is 9.04. The summed E-state index contributed by atoms with van der Waals surface area (Å²) in [5.41, 5.74) is 1.02. The number of amides is 1. The summed E-state index contributed by atoms with van der Waals surface area (Å²) in [7, 11) is 1.51. The third-order valence-electron chi connectivity index (χ3n) is 3.75. The van der Waals surface area contributed by atoms with Crippen LogP contribution in [-0.2, 0) is 13.8 Å². The van der Waals surface area contributed by atoms with Gasteiger partial charge in [0, 0.05) is 34.8 Å². The maximum absolute atomic E-state index is 12.3. The Morgan fingerprint density at radius 3 is 2.71 bits per heavy atom. The molecule has 0 radical (unpaired) electrons. The number of nitrogens with one attached hydrogen (secondary N) is 1. The van der Waals surface area contributed by atoms with Gasteiger partial charge >= 0.3 is 0 Å². The van der Waals surface area contributed by atoms with E-state index in [1.165, 1.54) is 18.2 Å². The van der Waals surface area contributed by atoms with Crippen molar-refractivity contribution in [2.75, 3.05) is 13.2 Å². The fourth-order valence-corrected chi connectivity index (χ4v) is 3.23. The molecule has 1 aliphatic rings. The monoisotopic (exact) mass is 331 g/mol. The van der Waals surface area contributed by atoms with Gasteiger partial charge in [0.1, 0.15) is 0 Å². The van der Waals surface area contributed by atoms with Crippen LogP contribution in [0, 0.1) is 12.8 Å². The van der Waals surface area contributed by atoms with E-state index in [2.05, 4.69) is 5.32 Å². The van der Waals surface area contributed by atoms with Crippen LogP contribution in [0.4, 0.5) is 0 Å². The van der Waals surface area contributed by atoms with Crippen LogP contribution in [0.2, 0.25) is 0 Å². The Bertz CT molecular complexity index is 638. The van der Waals surface area contributed by atoms with Crippen LogP contribution in [-0.4, -0.2) is 33.6 Å². The van der Waals surface area contributed by atoms with Crippen LogP contribution in [0.3, 0.4) is 0 Å². The van der Waals surface area contributed by atoms with E-state index in [0.717, 1.165) is 13.0 Å². The van der Waals surface area contributed by atoms with Crippen molar-refractivity contribution in [3.8, 4) is 0 Å². The standard InChI is InChI=1S/C14H18ClNO4S/c1-9-7-12(21(15,18)19)3-4-13(9)14(17)16-10(2)11-5-6-20-8-11/h3-4,7,10-11H,5-6,8H2,1-2H3,(H,16,17). The Morgan fingerprint density at radius 1 is 1.48 bits per heavy atom. The summed E-state index contributed by atoms with van der Waals surface area (Å²) in [5.74, 6) is 0.0992. The molecule has 1 amide bonds. The number of ether oxygens (including phenoxy) is 1. The second-order valence-corrected chi connectivity index (χ2v) is 7.87. The molecule has 1 fully saturated rings. The molecule has 1 N–H and O–H groups in total. The zero-order chi connectivity index (χ0) is 15.6. The van der Waals surface area contributed by atoms with Crippen molar-refractivity contribution in [3.63, 3.8) is 0 Å². The molecule has 7 heteroatoms. The summed E-state index contributed by atoms with van der Waals surface area (Å²) in [5, 5.41) is 2.94. The number of hydrogen-bond donors (Lipinski definition) is 1. The molecule has 0 saturated carbocycles. The van der Waals surface area contributed by atoms with Gasteiger partial charge < -0.3 is 10.1 Å². The van der Waals surface area contributed by atoms with Crippen molar-refractivity contribution in [1.82, 2.24) is 5.32 Å². The second-order valence-electron chi connectivity index (χ2n) is 5.30. The smallest absolute Gasteiger partial charge is 0.261 e. The minimum Gasteiger partial charge on any atom is -0.381 e. The van der Waals surface area contributed by atoms with Crippen LogP contribution in [0.5, 0.6) is 0 Å². The van der Waals surface area contributed by atoms with Gasteiger partial charge in [-0.2, -0.15) is 0 Å². The average Bonchev–Trinajstić information content (AvgIpc) is 2.91. The van der Waals surface area contributed by atoms with Gasteiger partial charge in [-0.15, -0.1) is 0 Å². The maximum atomic E-state index is 12.3. The lowest BCUT2D eigenvalue weighted by atomic mass is 10.00. The van der Waals surface area contributed by atoms with E-state index < -0.39 is 9.05 Å². The number of benzene rings is 1. The van der Waals surface area contributed by atoms with Gasteiger partial charge in [0.2, 0.25) is 0 Å². The van der Waals surface area contributed by atoms with Crippen LogP contribution < -0.4 is 5.32 Å². The molecule has 0 spiro atoms. The summed E-state index contributed by atoms with van der Waals surface area (Å²) < 4.78 is 27.8. The normalized spacial score (nSPS) is 20.2. The molecule has 2 rings (SSSR count). The summed E-state index contributed by atoms with van der Waals surface area (Å²) in [6, 6.07) is 4.24. The highest BCUT2D eigenvalue weighted by Crippen LogP contribution is 2.20. The number of carbonyl (C=O) groups excluding carboxylic acids is 1. The van der Waals surface area contributed by atoms with Gasteiger partial charge in [-0.3, -0.25) is 4.79 Å². The van der Waals surface area contributed by atoms with Crippen molar-refractivity contribution in [2.24, 2.45) is 5.92 Å². The molecule has 0 bridgehead atoms. The molecule has 1 aromatic carbocycles. The van der Waals surface area contributed by atoms with Crippen molar-refractivity contribution >= 4 is 25.6 Å². The number of aryl methyl sites for hydroxylation is 1. The minimum absolute atomic E-state index is 0.00421. The van der Waals surface area contributed by atoms with Crippen molar-refractivity contribution in [1.29, 1.82) is 0 Å². The van der Waals surface area contributed by atoms with Crippen molar-refractivity contribution in [2.45, 2.75) is 31.2 Å². The number of halogens is 1. The molecule has 116 valence electrons. The molecule has 2 unspecified atom stereocenters. The third-order valence-corrected chi connectivity index (χ3v) is 5.11. The van der Waals surface area contributed by atoms with Crippen molar-refractivity contribution in [3.05, 3.63) is 29.3 Å². The van der Waals surface area contributed by atoms with Gasteiger partial charge in [-0.25, -0.2) is 8.42 Å². The SMILES string of the molecule is Cc1cc(S(=O)(=O)Cl)ccc1C(=O)NC(C)C1CCOC1. The lowest BCUT2D eigenvalue weighted by Gasteiger charge is -2.19. The van der Waals surface area contributed by atoms with Crippen LogP contribution in [0.1, 0.15) is 29.3 Å². The fourth-order valence-electron chi connectivity index (χ4n) is 2.39. The van der Waals surface area contributed by atoms with Crippen molar-refractivity contribution < 1.29 is 17.9 Å². The third kappa shape index (κ3) is 3.96. The maximum Gasteiger partial charge on any atom is 0.261 e. The topological polar surface area (TPSA) is 72.5 Å². The quantitative estimate of drug-likeness (QED) is 0.857. The molecule has 5 nitrogen and oxygen atoms in total. The highest BCUT2D eigenvalue weighted by molar-refractivity contribution is 8.13. The van der Waals surface area contributed by atoms with Gasteiger partial charge in [0.05, 0.1) is 11.5 Å². The summed E-state index contributed by atoms with van der Waals surface area (Å²) in [6.45, 7) is 5.02. The van der Waals surface area contributed by atoms with E-state index in [-0.39, 0.29) is 16.8 Å². The van der Waals surface area contributed by atoms with E-state index in [4.69, 9.17) is 15.4 Å². The lowest BCUT2D eigenvalue weighted by molar-refractivity contribution is 0.0921. The average molecular weight is 332 g/mol. The van der Waals surface area contributed by atoms with E-state index in [1.807, 2.05) is 6.92 Å². The van der Waals surface area contributed by atoms with Crippen LogP contribution >= 0.6 is 10.7 Å². The molecule has 0 aliphatic carbocycles. The highest BCUT2D eigenvalue weighted by atomic mass is 35.7. The first-order valence-electron chi connectivity index (χ1n) is 6.73. The van der Waals surface area contributed by atoms with Gasteiger partial charge in [-0.05, 0) is 44.0 Å². The molecular formula is C14H18ClNO4S. The summed E-state index contributed by atoms with van der Waals surface area (Å²) in [6.07, 6.45) is 0.934. The fraction of sp³-hybridized carbons (Fsp3) is 0.500. The predicted molar refractivity (Wildman–Crippen MR) is 80.1 cm³/mol. The molecule has 1 aliphatic heterocycles. The Labute approximate surface area is 129 Å². The molecule has 1 aromatic rings. The number of rotatable bonds is 4. The largest absolute Gasteiger partial charge is 0.381 e.